The van der Waals surface area contributed by atoms with Crippen LogP contribution in [0.25, 0.3) is 0 Å². The van der Waals surface area contributed by atoms with E-state index >= 15 is 0 Å². The van der Waals surface area contributed by atoms with Crippen LogP contribution in [0.5, 0.6) is 5.75 Å². The zero-order valence-electron chi connectivity index (χ0n) is 15.0. The number of benzene rings is 1. The molecule has 0 saturated carbocycles. The lowest BCUT2D eigenvalue weighted by Gasteiger charge is -2.19. The molecule has 0 aliphatic carbocycles. The average molecular weight is 466 g/mol. The second-order valence-electron chi connectivity index (χ2n) is 5.86. The van der Waals surface area contributed by atoms with Gasteiger partial charge in [-0.3, -0.25) is 4.55 Å². The Bertz CT molecular complexity index is 814. The van der Waals surface area contributed by atoms with Gasteiger partial charge in [-0.05, 0) is 62.1 Å². The van der Waals surface area contributed by atoms with Gasteiger partial charge in [0.1, 0.15) is 17.5 Å². The Morgan fingerprint density at radius 1 is 1.31 bits per heavy atom. The topological polar surface area (TPSA) is 79.7 Å². The molecule has 0 aliphatic rings. The number of halogens is 2. The SMILES string of the molecule is C[C@@H](COc1cnc(Cl)c(Br)c1)N(C)C.Cc1ccc(S(=O)(=O)O)cc1. The van der Waals surface area contributed by atoms with E-state index in [1.165, 1.54) is 12.1 Å². The van der Waals surface area contributed by atoms with Gasteiger partial charge in [-0.1, -0.05) is 29.3 Å². The number of hydrogen-bond donors (Lipinski definition) is 1. The van der Waals surface area contributed by atoms with E-state index in [2.05, 4.69) is 32.7 Å². The molecule has 6 nitrogen and oxygen atoms in total. The van der Waals surface area contributed by atoms with Crippen LogP contribution in [0.2, 0.25) is 5.15 Å². The molecule has 1 atom stereocenters. The molecular formula is C17H22BrClN2O4S. The first kappa shape index (κ1) is 22.9. The zero-order valence-corrected chi connectivity index (χ0v) is 18.1. The van der Waals surface area contributed by atoms with Crippen LogP contribution in [0.4, 0.5) is 0 Å². The van der Waals surface area contributed by atoms with Gasteiger partial charge < -0.3 is 9.64 Å². The van der Waals surface area contributed by atoms with E-state index in [9.17, 15) is 8.42 Å². The summed E-state index contributed by atoms with van der Waals surface area (Å²) in [7, 11) is 0.0162. The molecule has 1 heterocycles. The number of nitrogens with zero attached hydrogens (tertiary/aromatic N) is 2. The van der Waals surface area contributed by atoms with E-state index in [4.69, 9.17) is 20.9 Å². The average Bonchev–Trinajstić information content (AvgIpc) is 2.55. The molecule has 1 N–H and O–H groups in total. The maximum atomic E-state index is 10.5. The van der Waals surface area contributed by atoms with Gasteiger partial charge in [0.25, 0.3) is 10.1 Å². The lowest BCUT2D eigenvalue weighted by atomic mass is 10.2. The van der Waals surface area contributed by atoms with Crippen molar-refractivity contribution < 1.29 is 17.7 Å². The Morgan fingerprint density at radius 2 is 1.88 bits per heavy atom. The van der Waals surface area contributed by atoms with Gasteiger partial charge in [0.15, 0.2) is 0 Å². The number of aromatic nitrogens is 1. The first-order valence-electron chi connectivity index (χ1n) is 7.65. The summed E-state index contributed by atoms with van der Waals surface area (Å²) in [6.07, 6.45) is 1.62. The summed E-state index contributed by atoms with van der Waals surface area (Å²) >= 11 is 9.07. The molecule has 0 amide bonds. The van der Waals surface area contributed by atoms with E-state index in [1.54, 1.807) is 18.3 Å². The highest BCUT2D eigenvalue weighted by atomic mass is 79.9. The van der Waals surface area contributed by atoms with Crippen molar-refractivity contribution in [1.29, 1.82) is 0 Å². The van der Waals surface area contributed by atoms with Crippen LogP contribution in [0.3, 0.4) is 0 Å². The van der Waals surface area contributed by atoms with Crippen molar-refractivity contribution in [3.05, 3.63) is 51.7 Å². The van der Waals surface area contributed by atoms with Crippen LogP contribution in [0, 0.1) is 6.92 Å². The van der Waals surface area contributed by atoms with Gasteiger partial charge in [-0.2, -0.15) is 8.42 Å². The van der Waals surface area contributed by atoms with Gasteiger partial charge in [-0.25, -0.2) is 4.98 Å². The fraction of sp³-hybridized carbons (Fsp3) is 0.353. The number of pyridine rings is 1. The lowest BCUT2D eigenvalue weighted by molar-refractivity contribution is 0.198. The van der Waals surface area contributed by atoms with Crippen molar-refractivity contribution in [2.45, 2.75) is 24.8 Å². The number of aryl methyl sites for hydroxylation is 1. The van der Waals surface area contributed by atoms with E-state index < -0.39 is 10.1 Å². The third kappa shape index (κ3) is 8.01. The molecule has 1 aromatic carbocycles. The molecule has 2 aromatic rings. The summed E-state index contributed by atoms with van der Waals surface area (Å²) in [5, 5.41) is 0.447. The molecule has 0 fully saturated rings. The highest BCUT2D eigenvalue weighted by Crippen LogP contribution is 2.24. The molecule has 0 aliphatic heterocycles. The van der Waals surface area contributed by atoms with E-state index in [1.807, 2.05) is 27.1 Å². The molecule has 0 bridgehead atoms. The van der Waals surface area contributed by atoms with Gasteiger partial charge in [0.05, 0.1) is 15.6 Å². The van der Waals surface area contributed by atoms with Crippen molar-refractivity contribution in [3.8, 4) is 5.75 Å². The predicted molar refractivity (Wildman–Crippen MR) is 107 cm³/mol. The van der Waals surface area contributed by atoms with Crippen LogP contribution in [0.1, 0.15) is 12.5 Å². The highest BCUT2D eigenvalue weighted by molar-refractivity contribution is 9.10. The van der Waals surface area contributed by atoms with E-state index in [0.717, 1.165) is 15.8 Å². The first-order valence-corrected chi connectivity index (χ1v) is 10.3. The second kappa shape index (κ2) is 10.2. The van der Waals surface area contributed by atoms with Gasteiger partial charge >= 0.3 is 0 Å². The third-order valence-corrected chi connectivity index (χ3v) is 5.46. The quantitative estimate of drug-likeness (QED) is 0.530. The molecule has 2 rings (SSSR count). The van der Waals surface area contributed by atoms with Crippen molar-refractivity contribution in [2.24, 2.45) is 0 Å². The Hall–Kier alpha value is -1.19. The summed E-state index contributed by atoms with van der Waals surface area (Å²) in [6, 6.07) is 8.17. The van der Waals surface area contributed by atoms with Crippen LogP contribution < -0.4 is 4.74 Å². The fourth-order valence-corrected chi connectivity index (χ4v) is 2.47. The zero-order chi connectivity index (χ0) is 19.9. The van der Waals surface area contributed by atoms with Gasteiger partial charge in [0.2, 0.25) is 0 Å². The smallest absolute Gasteiger partial charge is 0.294 e. The molecular weight excluding hydrogens is 444 g/mol. The van der Waals surface area contributed by atoms with Crippen molar-refractivity contribution in [1.82, 2.24) is 9.88 Å². The number of rotatable bonds is 5. The highest BCUT2D eigenvalue weighted by Gasteiger charge is 2.07. The van der Waals surface area contributed by atoms with Crippen LogP contribution in [0.15, 0.2) is 45.9 Å². The minimum absolute atomic E-state index is 0.0666. The van der Waals surface area contributed by atoms with Crippen molar-refractivity contribution >= 4 is 37.6 Å². The molecule has 0 radical (unpaired) electrons. The Balaban J connectivity index is 0.000000273. The number of ether oxygens (including phenoxy) is 1. The minimum Gasteiger partial charge on any atom is -0.490 e. The molecule has 9 heteroatoms. The molecule has 0 unspecified atom stereocenters. The van der Waals surface area contributed by atoms with Crippen LogP contribution in [-0.2, 0) is 10.1 Å². The molecule has 0 saturated heterocycles. The Morgan fingerprint density at radius 3 is 2.35 bits per heavy atom. The second-order valence-corrected chi connectivity index (χ2v) is 8.49. The summed E-state index contributed by atoms with van der Waals surface area (Å²) in [5.41, 5.74) is 0.956. The van der Waals surface area contributed by atoms with E-state index in [0.29, 0.717) is 17.8 Å². The van der Waals surface area contributed by atoms with Crippen molar-refractivity contribution in [3.63, 3.8) is 0 Å². The van der Waals surface area contributed by atoms with Gasteiger partial charge in [-0.15, -0.1) is 0 Å². The first-order chi connectivity index (χ1) is 12.0. The van der Waals surface area contributed by atoms with Gasteiger partial charge in [0, 0.05) is 6.04 Å². The third-order valence-electron chi connectivity index (χ3n) is 3.46. The number of hydrogen-bond acceptors (Lipinski definition) is 5. The molecule has 0 spiro atoms. The molecule has 26 heavy (non-hydrogen) atoms. The molecule has 1 aromatic heterocycles. The normalized spacial score (nSPS) is 12.3. The van der Waals surface area contributed by atoms with E-state index in [-0.39, 0.29) is 4.90 Å². The summed E-state index contributed by atoms with van der Waals surface area (Å²) < 4.78 is 35.9. The number of likely N-dealkylation sites (N-methyl/N-ethyl adjacent to an activating group) is 1. The summed E-state index contributed by atoms with van der Waals surface area (Å²) in [6.45, 7) is 4.56. The lowest BCUT2D eigenvalue weighted by Crippen LogP contribution is -2.30. The fourth-order valence-electron chi connectivity index (χ4n) is 1.56. The Kier molecular flexibility index (Phi) is 8.99. The maximum Gasteiger partial charge on any atom is 0.294 e. The summed E-state index contributed by atoms with van der Waals surface area (Å²) in [4.78, 5) is 6.01. The summed E-state index contributed by atoms with van der Waals surface area (Å²) in [5.74, 6) is 0.722. The largest absolute Gasteiger partial charge is 0.490 e. The standard InChI is InChI=1S/C10H14BrClN2O.C7H8O3S/c1-7(14(2)3)6-15-8-4-9(11)10(12)13-5-8;1-6-2-4-7(5-3-6)11(8,9)10/h4-5,7H,6H2,1-3H3;2-5H,1H3,(H,8,9,10)/t7-;/m0./s1. The maximum absolute atomic E-state index is 10.5. The van der Waals surface area contributed by atoms with Crippen LogP contribution in [-0.4, -0.2) is 49.6 Å². The molecule has 144 valence electrons. The van der Waals surface area contributed by atoms with Crippen LogP contribution >= 0.6 is 27.5 Å². The van der Waals surface area contributed by atoms with Crippen molar-refractivity contribution in [2.75, 3.05) is 20.7 Å². The Labute approximate surface area is 168 Å². The predicted octanol–water partition coefficient (Wildman–Crippen LogP) is 4.07. The monoisotopic (exact) mass is 464 g/mol. The minimum atomic E-state index is -4.02.